The maximum Gasteiger partial charge on any atom is 0.331 e. The van der Waals surface area contributed by atoms with Crippen LogP contribution in [0.25, 0.3) is 0 Å². The molecular weight excluding hydrogens is 282 g/mol. The zero-order chi connectivity index (χ0) is 15.1. The largest absolute Gasteiger partial charge is 0.467 e. The lowest BCUT2D eigenvalue weighted by Gasteiger charge is -2.33. The van der Waals surface area contributed by atoms with Crippen LogP contribution in [-0.2, 0) is 15.1 Å². The maximum absolute atomic E-state index is 12.5. The third-order valence-corrected chi connectivity index (χ3v) is 5.66. The Kier molecular flexibility index (Phi) is 6.12. The molecule has 0 amide bonds. The maximum atomic E-state index is 12.5. The summed E-state index contributed by atoms with van der Waals surface area (Å²) in [4.78, 5) is 12.5. The van der Waals surface area contributed by atoms with Crippen LogP contribution in [0.2, 0.25) is 0 Å². The number of ether oxygens (including phenoxy) is 1. The molecule has 1 unspecified atom stereocenters. The van der Waals surface area contributed by atoms with Gasteiger partial charge in [-0.2, -0.15) is 11.8 Å². The first kappa shape index (κ1) is 16.4. The molecule has 0 heterocycles. The average Bonchev–Trinajstić information content (AvgIpc) is 3.05. The zero-order valence-electron chi connectivity index (χ0n) is 12.9. The molecule has 1 N–H and O–H groups in total. The van der Waals surface area contributed by atoms with E-state index in [1.807, 2.05) is 49.0 Å². The minimum absolute atomic E-state index is 0.193. The Balaban J connectivity index is 2.24. The Bertz CT molecular complexity index is 445. The number of hydrogen-bond acceptors (Lipinski definition) is 4. The second kappa shape index (κ2) is 7.85. The van der Waals surface area contributed by atoms with Gasteiger partial charge in [0.2, 0.25) is 0 Å². The molecule has 0 spiro atoms. The SMILES string of the molecule is CCNC(CSC1CCCC1)(C(=O)OC)c1ccccc1. The normalized spacial score (nSPS) is 18.4. The Morgan fingerprint density at radius 2 is 2.00 bits per heavy atom. The van der Waals surface area contributed by atoms with Gasteiger partial charge in [-0.05, 0) is 24.9 Å². The summed E-state index contributed by atoms with van der Waals surface area (Å²) in [5, 5.41) is 4.07. The quantitative estimate of drug-likeness (QED) is 0.784. The van der Waals surface area contributed by atoms with E-state index in [0.717, 1.165) is 17.9 Å². The lowest BCUT2D eigenvalue weighted by atomic mass is 9.91. The van der Waals surface area contributed by atoms with Crippen molar-refractivity contribution in [1.29, 1.82) is 0 Å². The van der Waals surface area contributed by atoms with Gasteiger partial charge in [0, 0.05) is 11.0 Å². The van der Waals surface area contributed by atoms with Crippen molar-refractivity contribution < 1.29 is 9.53 Å². The van der Waals surface area contributed by atoms with Gasteiger partial charge in [0.1, 0.15) is 0 Å². The van der Waals surface area contributed by atoms with E-state index in [2.05, 4.69) is 5.32 Å². The van der Waals surface area contributed by atoms with Gasteiger partial charge >= 0.3 is 5.97 Å². The molecule has 1 atom stereocenters. The van der Waals surface area contributed by atoms with Gasteiger partial charge < -0.3 is 4.74 Å². The summed E-state index contributed by atoms with van der Waals surface area (Å²) in [5.74, 6) is 0.531. The van der Waals surface area contributed by atoms with Gasteiger partial charge in [-0.25, -0.2) is 4.79 Å². The molecule has 0 bridgehead atoms. The van der Waals surface area contributed by atoms with Gasteiger partial charge in [0.25, 0.3) is 0 Å². The fourth-order valence-corrected chi connectivity index (χ4v) is 4.52. The molecule has 0 saturated heterocycles. The fraction of sp³-hybridized carbons (Fsp3) is 0.588. The molecule has 0 aromatic heterocycles. The third-order valence-electron chi connectivity index (χ3n) is 4.12. The summed E-state index contributed by atoms with van der Waals surface area (Å²) in [7, 11) is 1.47. The summed E-state index contributed by atoms with van der Waals surface area (Å²) in [5.41, 5.74) is 0.252. The van der Waals surface area contributed by atoms with Gasteiger partial charge in [-0.15, -0.1) is 0 Å². The van der Waals surface area contributed by atoms with Crippen LogP contribution < -0.4 is 5.32 Å². The number of esters is 1. The predicted molar refractivity (Wildman–Crippen MR) is 88.5 cm³/mol. The number of hydrogen-bond donors (Lipinski definition) is 1. The highest BCUT2D eigenvalue weighted by molar-refractivity contribution is 8.00. The van der Waals surface area contributed by atoms with Gasteiger partial charge in [-0.3, -0.25) is 5.32 Å². The third kappa shape index (κ3) is 3.80. The molecule has 3 nitrogen and oxygen atoms in total. The number of rotatable bonds is 7. The van der Waals surface area contributed by atoms with Gasteiger partial charge in [0.15, 0.2) is 5.54 Å². The number of likely N-dealkylation sites (N-methyl/N-ethyl adjacent to an activating group) is 1. The van der Waals surface area contributed by atoms with E-state index >= 15 is 0 Å². The van der Waals surface area contributed by atoms with E-state index in [-0.39, 0.29) is 5.97 Å². The lowest BCUT2D eigenvalue weighted by Crippen LogP contribution is -2.52. The molecule has 4 heteroatoms. The Labute approximate surface area is 131 Å². The minimum atomic E-state index is -0.738. The highest BCUT2D eigenvalue weighted by atomic mass is 32.2. The highest BCUT2D eigenvalue weighted by Crippen LogP contribution is 2.35. The molecule has 1 fully saturated rings. The van der Waals surface area contributed by atoms with Gasteiger partial charge in [-0.1, -0.05) is 50.1 Å². The number of nitrogens with one attached hydrogen (secondary N) is 1. The van der Waals surface area contributed by atoms with Crippen LogP contribution in [0.1, 0.15) is 38.2 Å². The van der Waals surface area contributed by atoms with E-state index in [0.29, 0.717) is 5.25 Å². The number of benzene rings is 1. The number of thioether (sulfide) groups is 1. The Hall–Kier alpha value is -1.00. The predicted octanol–water partition coefficient (Wildman–Crippen LogP) is 3.34. The number of carbonyl (C=O) groups excluding carboxylic acids is 1. The summed E-state index contributed by atoms with van der Waals surface area (Å²) in [6.07, 6.45) is 5.16. The summed E-state index contributed by atoms with van der Waals surface area (Å²) in [6.45, 7) is 2.76. The van der Waals surface area contributed by atoms with Crippen molar-refractivity contribution in [2.45, 2.75) is 43.4 Å². The molecule has 21 heavy (non-hydrogen) atoms. The topological polar surface area (TPSA) is 38.3 Å². The zero-order valence-corrected chi connectivity index (χ0v) is 13.7. The molecular formula is C17H25NO2S. The van der Waals surface area contributed by atoms with E-state index in [9.17, 15) is 4.79 Å². The van der Waals surface area contributed by atoms with Crippen molar-refractivity contribution in [3.05, 3.63) is 35.9 Å². The average molecular weight is 307 g/mol. The van der Waals surface area contributed by atoms with E-state index in [1.54, 1.807) is 0 Å². The van der Waals surface area contributed by atoms with Crippen LogP contribution in [-0.4, -0.2) is 30.6 Å². The van der Waals surface area contributed by atoms with E-state index in [4.69, 9.17) is 4.74 Å². The Morgan fingerprint density at radius 3 is 2.57 bits per heavy atom. The van der Waals surface area contributed by atoms with Crippen molar-refractivity contribution in [1.82, 2.24) is 5.32 Å². The van der Waals surface area contributed by atoms with Crippen molar-refractivity contribution in [3.63, 3.8) is 0 Å². The first-order valence-corrected chi connectivity index (χ1v) is 8.78. The van der Waals surface area contributed by atoms with Crippen LogP contribution in [0.5, 0.6) is 0 Å². The van der Waals surface area contributed by atoms with E-state index in [1.165, 1.54) is 32.8 Å². The van der Waals surface area contributed by atoms with Crippen molar-refractivity contribution >= 4 is 17.7 Å². The summed E-state index contributed by atoms with van der Waals surface area (Å²) in [6, 6.07) is 9.94. The van der Waals surface area contributed by atoms with Crippen molar-refractivity contribution in [2.24, 2.45) is 0 Å². The first-order chi connectivity index (χ1) is 10.2. The molecule has 2 rings (SSSR count). The van der Waals surface area contributed by atoms with Crippen molar-refractivity contribution in [2.75, 3.05) is 19.4 Å². The van der Waals surface area contributed by atoms with Crippen LogP contribution >= 0.6 is 11.8 Å². The second-order valence-corrected chi connectivity index (χ2v) is 6.80. The number of methoxy groups -OCH3 is 1. The number of carbonyl (C=O) groups is 1. The van der Waals surface area contributed by atoms with Gasteiger partial charge in [0.05, 0.1) is 7.11 Å². The molecule has 1 aromatic carbocycles. The molecule has 1 saturated carbocycles. The molecule has 1 aliphatic carbocycles. The van der Waals surface area contributed by atoms with E-state index < -0.39 is 5.54 Å². The molecule has 116 valence electrons. The second-order valence-electron chi connectivity index (χ2n) is 5.51. The van der Waals surface area contributed by atoms with Crippen molar-refractivity contribution in [3.8, 4) is 0 Å². The summed E-state index contributed by atoms with van der Waals surface area (Å²) < 4.78 is 5.12. The van der Waals surface area contributed by atoms with Crippen LogP contribution in [0.15, 0.2) is 30.3 Å². The van der Waals surface area contributed by atoms with Crippen LogP contribution in [0.3, 0.4) is 0 Å². The van der Waals surface area contributed by atoms with Crippen LogP contribution in [0.4, 0.5) is 0 Å². The summed E-state index contributed by atoms with van der Waals surface area (Å²) >= 11 is 1.91. The minimum Gasteiger partial charge on any atom is -0.467 e. The highest BCUT2D eigenvalue weighted by Gasteiger charge is 2.41. The van der Waals surface area contributed by atoms with Crippen LogP contribution in [0, 0.1) is 0 Å². The smallest absolute Gasteiger partial charge is 0.331 e. The standard InChI is InChI=1S/C17H25NO2S/c1-3-18-17(16(19)20-2,14-9-5-4-6-10-14)13-21-15-11-7-8-12-15/h4-6,9-10,15,18H,3,7-8,11-13H2,1-2H3. The Morgan fingerprint density at radius 1 is 1.33 bits per heavy atom. The molecule has 0 radical (unpaired) electrons. The molecule has 0 aliphatic heterocycles. The molecule has 1 aromatic rings. The molecule has 1 aliphatic rings. The lowest BCUT2D eigenvalue weighted by molar-refractivity contribution is -0.148. The fourth-order valence-electron chi connectivity index (χ4n) is 2.98. The first-order valence-electron chi connectivity index (χ1n) is 7.73. The monoisotopic (exact) mass is 307 g/mol.